The zero-order valence-electron chi connectivity index (χ0n) is 11.3. The molecule has 3 aromatic rings. The van der Waals surface area contributed by atoms with Crippen LogP contribution in [0.5, 0.6) is 0 Å². The van der Waals surface area contributed by atoms with Crippen molar-refractivity contribution in [2.24, 2.45) is 7.05 Å². The molecule has 0 atom stereocenters. The van der Waals surface area contributed by atoms with E-state index in [0.29, 0.717) is 21.3 Å². The molecule has 0 bridgehead atoms. The van der Waals surface area contributed by atoms with Gasteiger partial charge in [0.25, 0.3) is 5.56 Å². The lowest BCUT2D eigenvalue weighted by atomic mass is 10.1. The lowest BCUT2D eigenvalue weighted by Crippen LogP contribution is -2.20. The van der Waals surface area contributed by atoms with Crippen molar-refractivity contribution in [3.05, 3.63) is 75.1 Å². The molecule has 0 N–H and O–H groups in total. The molecule has 0 aliphatic heterocycles. The average molecular weight is 319 g/mol. The number of aromatic nitrogens is 2. The highest BCUT2D eigenvalue weighted by atomic mass is 35.5. The van der Waals surface area contributed by atoms with Crippen LogP contribution in [0.25, 0.3) is 16.8 Å². The summed E-state index contributed by atoms with van der Waals surface area (Å²) in [4.78, 5) is 12.7. The Morgan fingerprint density at radius 1 is 0.952 bits per heavy atom. The van der Waals surface area contributed by atoms with E-state index in [1.54, 1.807) is 33.8 Å². The number of hydrogen-bond donors (Lipinski definition) is 0. The first-order valence-electron chi connectivity index (χ1n) is 6.37. The monoisotopic (exact) mass is 318 g/mol. The van der Waals surface area contributed by atoms with E-state index in [0.717, 1.165) is 5.56 Å². The zero-order chi connectivity index (χ0) is 15.0. The van der Waals surface area contributed by atoms with Gasteiger partial charge >= 0.3 is 0 Å². The fourth-order valence-electron chi connectivity index (χ4n) is 2.33. The standard InChI is InChI=1S/C16H12Cl2N2O/c1-19-10-15(11-5-3-2-4-6-11)16(21)20(19)14-8-12(17)7-13(18)9-14/h2-10H,1H3. The van der Waals surface area contributed by atoms with Crippen molar-refractivity contribution in [2.75, 3.05) is 0 Å². The summed E-state index contributed by atoms with van der Waals surface area (Å²) >= 11 is 12.0. The lowest BCUT2D eigenvalue weighted by molar-refractivity contribution is 0.646. The number of hydrogen-bond acceptors (Lipinski definition) is 1. The molecular formula is C16H12Cl2N2O. The molecule has 3 rings (SSSR count). The van der Waals surface area contributed by atoms with E-state index in [1.165, 1.54) is 0 Å². The molecule has 0 spiro atoms. The third-order valence-corrected chi connectivity index (χ3v) is 3.67. The highest BCUT2D eigenvalue weighted by molar-refractivity contribution is 6.34. The second kappa shape index (κ2) is 5.43. The lowest BCUT2D eigenvalue weighted by Gasteiger charge is -2.07. The molecule has 3 nitrogen and oxygen atoms in total. The van der Waals surface area contributed by atoms with Gasteiger partial charge in [-0.05, 0) is 23.8 Å². The minimum absolute atomic E-state index is 0.109. The van der Waals surface area contributed by atoms with E-state index in [9.17, 15) is 4.79 Å². The van der Waals surface area contributed by atoms with Gasteiger partial charge in [-0.1, -0.05) is 53.5 Å². The fraction of sp³-hybridized carbons (Fsp3) is 0.0625. The maximum atomic E-state index is 12.7. The van der Waals surface area contributed by atoms with E-state index in [-0.39, 0.29) is 5.56 Å². The van der Waals surface area contributed by atoms with Crippen molar-refractivity contribution < 1.29 is 0 Å². The normalized spacial score (nSPS) is 10.8. The molecule has 0 aliphatic carbocycles. The Bertz CT molecular complexity index is 830. The molecule has 0 saturated heterocycles. The number of benzene rings is 2. The van der Waals surface area contributed by atoms with Gasteiger partial charge in [0, 0.05) is 23.3 Å². The highest BCUT2D eigenvalue weighted by Crippen LogP contribution is 2.22. The van der Waals surface area contributed by atoms with E-state index >= 15 is 0 Å². The summed E-state index contributed by atoms with van der Waals surface area (Å²) in [5.41, 5.74) is 2.04. The van der Waals surface area contributed by atoms with E-state index < -0.39 is 0 Å². The van der Waals surface area contributed by atoms with Crippen LogP contribution in [0, 0.1) is 0 Å². The molecule has 1 heterocycles. The van der Waals surface area contributed by atoms with Crippen LogP contribution < -0.4 is 5.56 Å². The van der Waals surface area contributed by atoms with Crippen LogP contribution >= 0.6 is 23.2 Å². The van der Waals surface area contributed by atoms with Gasteiger partial charge in [0.15, 0.2) is 0 Å². The molecular weight excluding hydrogens is 307 g/mol. The van der Waals surface area contributed by atoms with E-state index in [1.807, 2.05) is 37.4 Å². The molecule has 0 unspecified atom stereocenters. The van der Waals surface area contributed by atoms with Gasteiger partial charge in [0.1, 0.15) is 0 Å². The third-order valence-electron chi connectivity index (χ3n) is 3.23. The van der Waals surface area contributed by atoms with Crippen molar-refractivity contribution in [1.82, 2.24) is 9.36 Å². The molecule has 0 fully saturated rings. The molecule has 0 saturated carbocycles. The predicted octanol–water partition coefficient (Wildman–Crippen LogP) is 4.15. The second-order valence-corrected chi connectivity index (χ2v) is 5.60. The first-order chi connectivity index (χ1) is 10.1. The predicted molar refractivity (Wildman–Crippen MR) is 86.5 cm³/mol. The summed E-state index contributed by atoms with van der Waals surface area (Å²) in [6.07, 6.45) is 1.80. The minimum atomic E-state index is -0.109. The zero-order valence-corrected chi connectivity index (χ0v) is 12.8. The Morgan fingerprint density at radius 3 is 2.19 bits per heavy atom. The first kappa shape index (κ1) is 14.0. The van der Waals surface area contributed by atoms with Gasteiger partial charge in [-0.3, -0.25) is 9.48 Å². The van der Waals surface area contributed by atoms with E-state index in [4.69, 9.17) is 23.2 Å². The first-order valence-corrected chi connectivity index (χ1v) is 7.12. The topological polar surface area (TPSA) is 26.9 Å². The van der Waals surface area contributed by atoms with Gasteiger partial charge in [-0.15, -0.1) is 0 Å². The van der Waals surface area contributed by atoms with Crippen LogP contribution in [0.1, 0.15) is 0 Å². The van der Waals surface area contributed by atoms with Crippen molar-refractivity contribution in [2.45, 2.75) is 0 Å². The maximum Gasteiger partial charge on any atom is 0.279 e. The minimum Gasteiger partial charge on any atom is -0.288 e. The van der Waals surface area contributed by atoms with Gasteiger partial charge in [-0.2, -0.15) is 0 Å². The molecule has 2 aromatic carbocycles. The summed E-state index contributed by atoms with van der Waals surface area (Å²) in [6, 6.07) is 14.6. The highest BCUT2D eigenvalue weighted by Gasteiger charge is 2.13. The van der Waals surface area contributed by atoms with Crippen molar-refractivity contribution in [1.29, 1.82) is 0 Å². The molecule has 106 valence electrons. The van der Waals surface area contributed by atoms with Crippen LogP contribution in [0.15, 0.2) is 59.5 Å². The smallest absolute Gasteiger partial charge is 0.279 e. The molecule has 0 aliphatic rings. The second-order valence-electron chi connectivity index (χ2n) is 4.73. The van der Waals surface area contributed by atoms with Crippen LogP contribution in [-0.4, -0.2) is 9.36 Å². The third kappa shape index (κ3) is 2.62. The number of aryl methyl sites for hydroxylation is 1. The van der Waals surface area contributed by atoms with Crippen LogP contribution in [0.3, 0.4) is 0 Å². The largest absolute Gasteiger partial charge is 0.288 e. The van der Waals surface area contributed by atoms with Gasteiger partial charge in [-0.25, -0.2) is 4.68 Å². The SMILES string of the molecule is Cn1cc(-c2ccccc2)c(=O)n1-c1cc(Cl)cc(Cl)c1. The van der Waals surface area contributed by atoms with Gasteiger partial charge in [0.2, 0.25) is 0 Å². The Kier molecular flexibility index (Phi) is 3.62. The van der Waals surface area contributed by atoms with Crippen molar-refractivity contribution >= 4 is 23.2 Å². The van der Waals surface area contributed by atoms with Gasteiger partial charge in [0.05, 0.1) is 11.3 Å². The quantitative estimate of drug-likeness (QED) is 0.697. The summed E-state index contributed by atoms with van der Waals surface area (Å²) < 4.78 is 3.27. The summed E-state index contributed by atoms with van der Waals surface area (Å²) in [5.74, 6) is 0. The Morgan fingerprint density at radius 2 is 1.57 bits per heavy atom. The molecule has 0 radical (unpaired) electrons. The number of rotatable bonds is 2. The van der Waals surface area contributed by atoms with Crippen LogP contribution in [0.4, 0.5) is 0 Å². The Balaban J connectivity index is 2.21. The van der Waals surface area contributed by atoms with Crippen LogP contribution in [0.2, 0.25) is 10.0 Å². The summed E-state index contributed by atoms with van der Waals surface area (Å²) in [5, 5.41) is 0.985. The average Bonchev–Trinajstić information content (AvgIpc) is 2.74. The Labute approximate surface area is 131 Å². The molecule has 0 amide bonds. The summed E-state index contributed by atoms with van der Waals surface area (Å²) in [6.45, 7) is 0. The van der Waals surface area contributed by atoms with Gasteiger partial charge < -0.3 is 0 Å². The van der Waals surface area contributed by atoms with Crippen LogP contribution in [-0.2, 0) is 7.05 Å². The molecule has 21 heavy (non-hydrogen) atoms. The summed E-state index contributed by atoms with van der Waals surface area (Å²) in [7, 11) is 1.81. The molecule has 5 heteroatoms. The Hall–Kier alpha value is -1.97. The van der Waals surface area contributed by atoms with Crippen molar-refractivity contribution in [3.63, 3.8) is 0 Å². The number of nitrogens with zero attached hydrogens (tertiary/aromatic N) is 2. The number of halogens is 2. The van der Waals surface area contributed by atoms with Crippen molar-refractivity contribution in [3.8, 4) is 16.8 Å². The maximum absolute atomic E-state index is 12.7. The molecule has 1 aromatic heterocycles. The fourth-order valence-corrected chi connectivity index (χ4v) is 2.85. The van der Waals surface area contributed by atoms with E-state index in [2.05, 4.69) is 0 Å².